The number of fused-ring (bicyclic) bond motifs is 1. The Labute approximate surface area is 208 Å². The molecule has 37 heavy (non-hydrogen) atoms. The fourth-order valence-corrected chi connectivity index (χ4v) is 4.06. The van der Waals surface area contributed by atoms with Gasteiger partial charge in [-0.15, -0.1) is 0 Å². The van der Waals surface area contributed by atoms with E-state index in [1.165, 1.54) is 12.1 Å². The van der Waals surface area contributed by atoms with Crippen molar-refractivity contribution >= 4 is 28.4 Å². The lowest BCUT2D eigenvalue weighted by Gasteiger charge is -2.28. The van der Waals surface area contributed by atoms with E-state index in [2.05, 4.69) is 15.6 Å². The van der Waals surface area contributed by atoms with E-state index in [-0.39, 0.29) is 24.4 Å². The Bertz CT molecular complexity index is 1270. The van der Waals surface area contributed by atoms with E-state index in [1.807, 2.05) is 4.90 Å². The molecule has 8 nitrogen and oxygen atoms in total. The topological polar surface area (TPSA) is 99.6 Å². The normalized spacial score (nSPS) is 15.1. The van der Waals surface area contributed by atoms with Gasteiger partial charge in [0.15, 0.2) is 0 Å². The molecule has 1 amide bonds. The number of benzene rings is 2. The number of aliphatic hydroxyl groups excluding tert-OH is 1. The molecule has 0 spiro atoms. The average molecular weight is 525 g/mol. The number of morpholine rings is 1. The van der Waals surface area contributed by atoms with Crippen LogP contribution in [0, 0.1) is 11.6 Å². The highest BCUT2D eigenvalue weighted by Crippen LogP contribution is 2.36. The summed E-state index contributed by atoms with van der Waals surface area (Å²) in [6.07, 6.45) is -3.62. The summed E-state index contributed by atoms with van der Waals surface area (Å²) in [7, 11) is 0. The minimum atomic E-state index is -5.18. The van der Waals surface area contributed by atoms with Crippen LogP contribution in [0.2, 0.25) is 0 Å². The lowest BCUT2D eigenvalue weighted by atomic mass is 10.0. The van der Waals surface area contributed by atoms with Crippen LogP contribution in [-0.2, 0) is 10.9 Å². The number of rotatable bonds is 7. The molecule has 1 fully saturated rings. The van der Waals surface area contributed by atoms with Crippen LogP contribution in [0.15, 0.2) is 30.5 Å². The number of nitrogens with one attached hydrogen (secondary N) is 2. The van der Waals surface area contributed by atoms with Crippen molar-refractivity contribution in [2.75, 3.05) is 49.7 Å². The van der Waals surface area contributed by atoms with Gasteiger partial charge in [-0.25, -0.2) is 13.8 Å². The summed E-state index contributed by atoms with van der Waals surface area (Å²) < 4.78 is 72.5. The Morgan fingerprint density at radius 3 is 2.46 bits per heavy atom. The summed E-state index contributed by atoms with van der Waals surface area (Å²) >= 11 is 0. The molecule has 1 aromatic heterocycles. The van der Waals surface area contributed by atoms with Crippen LogP contribution in [0.25, 0.3) is 11.0 Å². The van der Waals surface area contributed by atoms with Crippen LogP contribution in [-0.4, -0.2) is 60.4 Å². The Hall–Kier alpha value is -3.58. The molecule has 2 aromatic carbocycles. The number of hydrogen-bond acceptors (Lipinski definition) is 7. The zero-order valence-corrected chi connectivity index (χ0v) is 19.7. The van der Waals surface area contributed by atoms with Gasteiger partial charge in [0.25, 0.3) is 5.91 Å². The largest absolute Gasteiger partial charge is 0.422 e. The van der Waals surface area contributed by atoms with E-state index >= 15 is 0 Å². The quantitative estimate of drug-likeness (QED) is 0.405. The van der Waals surface area contributed by atoms with Crippen molar-refractivity contribution in [1.29, 1.82) is 0 Å². The number of carbonyl (C=O) groups excluding carboxylic acids is 1. The first-order valence-corrected chi connectivity index (χ1v) is 11.4. The second kappa shape index (κ2) is 10.8. The van der Waals surface area contributed by atoms with Gasteiger partial charge in [0.05, 0.1) is 43.1 Å². The summed E-state index contributed by atoms with van der Waals surface area (Å²) in [5.74, 6) is -3.43. The number of aliphatic hydroxyl groups is 1. The molecule has 3 N–H and O–H groups in total. The van der Waals surface area contributed by atoms with Gasteiger partial charge in [-0.2, -0.15) is 13.2 Å². The number of aromatic nitrogens is 2. The van der Waals surface area contributed by atoms with Crippen molar-refractivity contribution in [2.45, 2.75) is 19.1 Å². The highest BCUT2D eigenvalue weighted by atomic mass is 19.4. The van der Waals surface area contributed by atoms with Crippen molar-refractivity contribution in [3.05, 3.63) is 58.8 Å². The number of halogens is 5. The Balaban J connectivity index is 1.75. The van der Waals surface area contributed by atoms with Crippen molar-refractivity contribution in [3.63, 3.8) is 0 Å². The predicted molar refractivity (Wildman–Crippen MR) is 125 cm³/mol. The SMILES string of the molecule is CC(Nc1cc(F)c(C(F)(F)F)c(F)c1)c1cc(C(=O)NCCO)cc2ncc(N3CCOCC3)nc12. The van der Waals surface area contributed by atoms with E-state index in [0.29, 0.717) is 60.9 Å². The molecule has 0 bridgehead atoms. The van der Waals surface area contributed by atoms with E-state index < -0.39 is 35.3 Å². The molecule has 1 aliphatic heterocycles. The summed E-state index contributed by atoms with van der Waals surface area (Å²) in [6, 6.07) is 3.41. The zero-order chi connectivity index (χ0) is 26.7. The van der Waals surface area contributed by atoms with Crippen molar-refractivity contribution < 1.29 is 36.6 Å². The third kappa shape index (κ3) is 5.88. The Morgan fingerprint density at radius 2 is 1.84 bits per heavy atom. The lowest BCUT2D eigenvalue weighted by molar-refractivity contribution is -0.142. The Kier molecular flexibility index (Phi) is 7.73. The predicted octanol–water partition coefficient (Wildman–Crippen LogP) is 3.66. The average Bonchev–Trinajstić information content (AvgIpc) is 2.85. The molecular weight excluding hydrogens is 501 g/mol. The number of carbonyl (C=O) groups is 1. The number of amides is 1. The van der Waals surface area contributed by atoms with Gasteiger partial charge in [0, 0.05) is 36.4 Å². The van der Waals surface area contributed by atoms with E-state index in [0.717, 1.165) is 0 Å². The first-order valence-electron chi connectivity index (χ1n) is 11.4. The molecule has 1 unspecified atom stereocenters. The first kappa shape index (κ1) is 26.5. The number of anilines is 2. The minimum Gasteiger partial charge on any atom is -0.395 e. The second-order valence-electron chi connectivity index (χ2n) is 8.42. The van der Waals surface area contributed by atoms with E-state index in [4.69, 9.17) is 14.8 Å². The minimum absolute atomic E-state index is 0.0196. The van der Waals surface area contributed by atoms with Crippen molar-refractivity contribution in [1.82, 2.24) is 15.3 Å². The van der Waals surface area contributed by atoms with Crippen LogP contribution < -0.4 is 15.5 Å². The second-order valence-corrected chi connectivity index (χ2v) is 8.42. The van der Waals surface area contributed by atoms with Gasteiger partial charge < -0.3 is 25.4 Å². The molecule has 4 rings (SSSR count). The van der Waals surface area contributed by atoms with Gasteiger partial charge in [-0.3, -0.25) is 9.78 Å². The molecular formula is C24H24F5N5O3. The van der Waals surface area contributed by atoms with Crippen LogP contribution in [0.5, 0.6) is 0 Å². The molecule has 3 aromatic rings. The Morgan fingerprint density at radius 1 is 1.16 bits per heavy atom. The monoisotopic (exact) mass is 525 g/mol. The third-order valence-electron chi connectivity index (χ3n) is 5.83. The van der Waals surface area contributed by atoms with Crippen molar-refractivity contribution in [2.24, 2.45) is 0 Å². The number of hydrogen-bond donors (Lipinski definition) is 3. The smallest absolute Gasteiger partial charge is 0.395 e. The molecule has 0 saturated carbocycles. The fraction of sp³-hybridized carbons (Fsp3) is 0.375. The maximum absolute atomic E-state index is 14.1. The number of nitrogens with zero attached hydrogens (tertiary/aromatic N) is 3. The summed E-state index contributed by atoms with van der Waals surface area (Å²) in [4.78, 5) is 23.7. The summed E-state index contributed by atoms with van der Waals surface area (Å²) in [6.45, 7) is 3.58. The van der Waals surface area contributed by atoms with E-state index in [9.17, 15) is 26.7 Å². The molecule has 1 atom stereocenters. The molecule has 0 aliphatic carbocycles. The number of ether oxygens (including phenoxy) is 1. The summed E-state index contributed by atoms with van der Waals surface area (Å²) in [5.41, 5.74) is -0.814. The highest BCUT2D eigenvalue weighted by molar-refractivity contribution is 5.98. The van der Waals surface area contributed by atoms with Gasteiger partial charge in [-0.1, -0.05) is 0 Å². The maximum Gasteiger partial charge on any atom is 0.422 e. The third-order valence-corrected chi connectivity index (χ3v) is 5.83. The molecule has 1 aliphatic rings. The zero-order valence-electron chi connectivity index (χ0n) is 19.7. The number of alkyl halides is 3. The van der Waals surface area contributed by atoms with Gasteiger partial charge in [0.1, 0.15) is 23.0 Å². The lowest BCUT2D eigenvalue weighted by Crippen LogP contribution is -2.36. The van der Waals surface area contributed by atoms with Crippen LogP contribution in [0.1, 0.15) is 34.5 Å². The highest BCUT2D eigenvalue weighted by Gasteiger charge is 2.38. The maximum atomic E-state index is 14.1. The first-order chi connectivity index (χ1) is 17.6. The molecule has 13 heteroatoms. The van der Waals surface area contributed by atoms with Gasteiger partial charge in [0.2, 0.25) is 0 Å². The molecule has 0 radical (unpaired) electrons. The molecule has 1 saturated heterocycles. The fourth-order valence-electron chi connectivity index (χ4n) is 4.06. The van der Waals surface area contributed by atoms with Gasteiger partial charge >= 0.3 is 6.18 Å². The molecule has 2 heterocycles. The van der Waals surface area contributed by atoms with Crippen LogP contribution in [0.3, 0.4) is 0 Å². The van der Waals surface area contributed by atoms with Gasteiger partial charge in [-0.05, 0) is 31.2 Å². The standard InChI is InChI=1S/C24H24F5N5O3/c1-13(32-15-10-17(25)21(18(26)11-15)24(27,28)29)16-8-14(23(36)30-2-5-35)9-19-22(16)33-20(12-31-19)34-3-6-37-7-4-34/h8-13,32,35H,2-7H2,1H3,(H,30,36). The summed E-state index contributed by atoms with van der Waals surface area (Å²) in [5, 5.41) is 14.4. The van der Waals surface area contributed by atoms with Crippen molar-refractivity contribution in [3.8, 4) is 0 Å². The molecule has 198 valence electrons. The van der Waals surface area contributed by atoms with E-state index in [1.54, 1.807) is 13.1 Å². The van der Waals surface area contributed by atoms with Crippen LogP contribution in [0.4, 0.5) is 33.5 Å². The van der Waals surface area contributed by atoms with Crippen LogP contribution >= 0.6 is 0 Å².